The summed E-state index contributed by atoms with van der Waals surface area (Å²) in [4.78, 5) is 13.6. The Labute approximate surface area is 95.9 Å². The summed E-state index contributed by atoms with van der Waals surface area (Å²) in [6.07, 6.45) is 1.50. The number of hydrogen-bond donors (Lipinski definition) is 1. The second-order valence-corrected chi connectivity index (χ2v) is 4.56. The third-order valence-electron chi connectivity index (χ3n) is 2.30. The van der Waals surface area contributed by atoms with Crippen LogP contribution in [0.3, 0.4) is 0 Å². The van der Waals surface area contributed by atoms with Crippen molar-refractivity contribution in [1.29, 1.82) is 0 Å². The van der Waals surface area contributed by atoms with Crippen LogP contribution in [0.2, 0.25) is 0 Å². The molecule has 0 aliphatic carbocycles. The zero-order chi connectivity index (χ0) is 12.3. The van der Waals surface area contributed by atoms with Crippen LogP contribution < -0.4 is 0 Å². The van der Waals surface area contributed by atoms with Gasteiger partial charge in [0.15, 0.2) is 5.76 Å². The van der Waals surface area contributed by atoms with Gasteiger partial charge in [-0.15, -0.1) is 0 Å². The van der Waals surface area contributed by atoms with E-state index in [-0.39, 0.29) is 5.91 Å². The second-order valence-electron chi connectivity index (χ2n) is 4.56. The number of rotatable bonds is 4. The normalized spacial score (nSPS) is 11.6. The first-order chi connectivity index (χ1) is 7.35. The molecule has 0 radical (unpaired) electrons. The molecule has 1 amide bonds. The van der Waals surface area contributed by atoms with Gasteiger partial charge in [-0.05, 0) is 33.8 Å². The molecule has 0 aliphatic rings. The van der Waals surface area contributed by atoms with E-state index in [1.165, 1.54) is 6.26 Å². The number of furan rings is 1. The predicted molar refractivity (Wildman–Crippen MR) is 61.3 cm³/mol. The quantitative estimate of drug-likeness (QED) is 0.850. The van der Waals surface area contributed by atoms with Crippen molar-refractivity contribution >= 4 is 5.91 Å². The van der Waals surface area contributed by atoms with Gasteiger partial charge in [0.05, 0.1) is 11.9 Å². The van der Waals surface area contributed by atoms with E-state index < -0.39 is 5.60 Å². The fourth-order valence-corrected chi connectivity index (χ4v) is 1.53. The van der Waals surface area contributed by atoms with Crippen molar-refractivity contribution in [2.75, 3.05) is 13.1 Å². The van der Waals surface area contributed by atoms with E-state index in [1.54, 1.807) is 24.8 Å². The molecule has 1 aromatic rings. The third kappa shape index (κ3) is 3.10. The summed E-state index contributed by atoms with van der Waals surface area (Å²) in [6.45, 7) is 7.90. The third-order valence-corrected chi connectivity index (χ3v) is 2.30. The van der Waals surface area contributed by atoms with Gasteiger partial charge in [0.1, 0.15) is 0 Å². The second kappa shape index (κ2) is 4.70. The molecule has 0 saturated carbocycles. The molecule has 1 rings (SSSR count). The first kappa shape index (κ1) is 12.8. The minimum atomic E-state index is -0.897. The number of amides is 1. The van der Waals surface area contributed by atoms with Crippen molar-refractivity contribution in [3.05, 3.63) is 23.7 Å². The Hall–Kier alpha value is -1.29. The maximum atomic E-state index is 12.1. The molecule has 0 spiro atoms. The number of carbonyl (C=O) groups excluding carboxylic acids is 1. The van der Waals surface area contributed by atoms with E-state index in [9.17, 15) is 9.90 Å². The number of likely N-dealkylation sites (N-methyl/N-ethyl adjacent to an activating group) is 1. The molecule has 0 unspecified atom stereocenters. The highest BCUT2D eigenvalue weighted by Gasteiger charge is 2.24. The topological polar surface area (TPSA) is 53.7 Å². The largest absolute Gasteiger partial charge is 0.459 e. The highest BCUT2D eigenvalue weighted by Crippen LogP contribution is 2.14. The molecule has 1 aromatic heterocycles. The summed E-state index contributed by atoms with van der Waals surface area (Å²) in [6, 6.07) is 1.76. The first-order valence-electron chi connectivity index (χ1n) is 5.41. The average Bonchev–Trinajstić information content (AvgIpc) is 2.58. The Bertz CT molecular complexity index is 363. The summed E-state index contributed by atoms with van der Waals surface area (Å²) >= 11 is 0. The summed E-state index contributed by atoms with van der Waals surface area (Å²) in [5, 5.41) is 9.71. The van der Waals surface area contributed by atoms with Gasteiger partial charge in [0, 0.05) is 18.7 Å². The Kier molecular flexibility index (Phi) is 3.75. The molecule has 16 heavy (non-hydrogen) atoms. The summed E-state index contributed by atoms with van der Waals surface area (Å²) < 4.78 is 5.15. The molecule has 4 nitrogen and oxygen atoms in total. The number of carbonyl (C=O) groups is 1. The van der Waals surface area contributed by atoms with Crippen LogP contribution in [0.15, 0.2) is 16.7 Å². The van der Waals surface area contributed by atoms with Gasteiger partial charge in [0.2, 0.25) is 0 Å². The Morgan fingerprint density at radius 2 is 2.19 bits per heavy atom. The van der Waals surface area contributed by atoms with Crippen LogP contribution in [-0.4, -0.2) is 34.6 Å². The number of aryl methyl sites for hydroxylation is 1. The van der Waals surface area contributed by atoms with Gasteiger partial charge in [0.25, 0.3) is 5.91 Å². The van der Waals surface area contributed by atoms with Crippen molar-refractivity contribution in [2.45, 2.75) is 33.3 Å². The molecule has 0 aromatic carbocycles. The summed E-state index contributed by atoms with van der Waals surface area (Å²) in [5.74, 6) is 0.179. The van der Waals surface area contributed by atoms with Crippen LogP contribution in [0.4, 0.5) is 0 Å². The first-order valence-corrected chi connectivity index (χ1v) is 5.41. The lowest BCUT2D eigenvalue weighted by molar-refractivity contribution is 0.0298. The van der Waals surface area contributed by atoms with Gasteiger partial charge >= 0.3 is 0 Å². The maximum Gasteiger partial charge on any atom is 0.289 e. The highest BCUT2D eigenvalue weighted by atomic mass is 16.3. The lowest BCUT2D eigenvalue weighted by Gasteiger charge is -2.27. The lowest BCUT2D eigenvalue weighted by Crippen LogP contribution is -2.42. The zero-order valence-electron chi connectivity index (χ0n) is 10.3. The Morgan fingerprint density at radius 1 is 1.56 bits per heavy atom. The molecule has 4 heteroatoms. The van der Waals surface area contributed by atoms with Crippen LogP contribution in [0.1, 0.15) is 36.9 Å². The van der Waals surface area contributed by atoms with Gasteiger partial charge in [-0.3, -0.25) is 4.79 Å². The van der Waals surface area contributed by atoms with E-state index in [1.807, 2.05) is 13.8 Å². The van der Waals surface area contributed by atoms with E-state index in [0.717, 1.165) is 5.56 Å². The minimum Gasteiger partial charge on any atom is -0.459 e. The molecule has 0 aliphatic heterocycles. The van der Waals surface area contributed by atoms with E-state index >= 15 is 0 Å². The fourth-order valence-electron chi connectivity index (χ4n) is 1.53. The van der Waals surface area contributed by atoms with E-state index in [4.69, 9.17) is 4.42 Å². The van der Waals surface area contributed by atoms with E-state index in [0.29, 0.717) is 18.8 Å². The van der Waals surface area contributed by atoms with Crippen molar-refractivity contribution in [3.8, 4) is 0 Å². The molecular formula is C12H19NO3. The van der Waals surface area contributed by atoms with Gasteiger partial charge in [-0.2, -0.15) is 0 Å². The van der Waals surface area contributed by atoms with Crippen molar-refractivity contribution < 1.29 is 14.3 Å². The van der Waals surface area contributed by atoms with Crippen molar-refractivity contribution in [3.63, 3.8) is 0 Å². The standard InChI is InChI=1S/C12H19NO3/c1-5-13(8-12(3,4)15)11(14)10-9(2)6-7-16-10/h6-7,15H,5,8H2,1-4H3. The monoisotopic (exact) mass is 225 g/mol. The Morgan fingerprint density at radius 3 is 2.56 bits per heavy atom. The minimum absolute atomic E-state index is 0.174. The molecule has 0 bridgehead atoms. The van der Waals surface area contributed by atoms with Crippen LogP contribution in [0.25, 0.3) is 0 Å². The molecular weight excluding hydrogens is 206 g/mol. The summed E-state index contributed by atoms with van der Waals surface area (Å²) in [5.41, 5.74) is -0.0780. The van der Waals surface area contributed by atoms with E-state index in [2.05, 4.69) is 0 Å². The molecule has 1 heterocycles. The molecule has 90 valence electrons. The highest BCUT2D eigenvalue weighted by molar-refractivity contribution is 5.92. The van der Waals surface area contributed by atoms with Crippen molar-refractivity contribution in [2.24, 2.45) is 0 Å². The molecule has 0 saturated heterocycles. The summed E-state index contributed by atoms with van der Waals surface area (Å²) in [7, 11) is 0. The van der Waals surface area contributed by atoms with Gasteiger partial charge < -0.3 is 14.4 Å². The van der Waals surface area contributed by atoms with Crippen LogP contribution >= 0.6 is 0 Å². The molecule has 0 atom stereocenters. The van der Waals surface area contributed by atoms with Crippen LogP contribution in [-0.2, 0) is 0 Å². The number of nitrogens with zero attached hydrogens (tertiary/aromatic N) is 1. The predicted octanol–water partition coefficient (Wildman–Crippen LogP) is 1.82. The average molecular weight is 225 g/mol. The number of hydrogen-bond acceptors (Lipinski definition) is 3. The maximum absolute atomic E-state index is 12.1. The molecule has 1 N–H and O–H groups in total. The van der Waals surface area contributed by atoms with Crippen LogP contribution in [0, 0.1) is 6.92 Å². The zero-order valence-corrected chi connectivity index (χ0v) is 10.3. The van der Waals surface area contributed by atoms with Gasteiger partial charge in [-0.1, -0.05) is 0 Å². The van der Waals surface area contributed by atoms with Crippen molar-refractivity contribution in [1.82, 2.24) is 4.90 Å². The van der Waals surface area contributed by atoms with Crippen LogP contribution in [0.5, 0.6) is 0 Å². The smallest absolute Gasteiger partial charge is 0.289 e. The lowest BCUT2D eigenvalue weighted by atomic mass is 10.1. The van der Waals surface area contributed by atoms with Gasteiger partial charge in [-0.25, -0.2) is 0 Å². The fraction of sp³-hybridized carbons (Fsp3) is 0.583. The molecule has 0 fully saturated rings. The number of aliphatic hydroxyl groups is 1. The Balaban J connectivity index is 2.82. The SMILES string of the molecule is CCN(CC(C)(C)O)C(=O)c1occc1C.